The van der Waals surface area contributed by atoms with Crippen molar-refractivity contribution in [1.82, 2.24) is 5.32 Å². The third kappa shape index (κ3) is 3.55. The minimum absolute atomic E-state index is 0.209. The molecule has 0 bridgehead atoms. The van der Waals surface area contributed by atoms with E-state index >= 15 is 0 Å². The monoisotopic (exact) mass is 370 g/mol. The fourth-order valence-corrected chi connectivity index (χ4v) is 3.27. The van der Waals surface area contributed by atoms with E-state index in [-0.39, 0.29) is 17.0 Å². The van der Waals surface area contributed by atoms with E-state index in [1.54, 1.807) is 30.3 Å². The van der Waals surface area contributed by atoms with E-state index < -0.39 is 11.8 Å². The molecule has 0 radical (unpaired) electrons. The largest absolute Gasteiger partial charge is 0.321 e. The lowest BCUT2D eigenvalue weighted by atomic mass is 10.0. The van der Waals surface area contributed by atoms with Crippen LogP contribution in [0.1, 0.15) is 42.2 Å². The predicted octanol–water partition coefficient (Wildman–Crippen LogP) is 3.61. The number of aryl methyl sites for hydroxylation is 2. The van der Waals surface area contributed by atoms with Crippen molar-refractivity contribution < 1.29 is 14.4 Å². The molecule has 2 N–H and O–H groups in total. The normalized spacial score (nSPS) is 12.4. The zero-order chi connectivity index (χ0) is 19.5. The minimum Gasteiger partial charge on any atom is -0.321 e. The van der Waals surface area contributed by atoms with Gasteiger partial charge in [0.15, 0.2) is 0 Å². The first-order valence-corrected chi connectivity index (χ1v) is 9.05. The molecule has 1 aliphatic rings. The first kappa shape index (κ1) is 17.7. The number of benzene rings is 3. The third-order valence-electron chi connectivity index (χ3n) is 4.77. The molecule has 3 aromatic rings. The fourth-order valence-electron chi connectivity index (χ4n) is 3.27. The second kappa shape index (κ2) is 7.48. The molecule has 0 atom stereocenters. The van der Waals surface area contributed by atoms with Crippen LogP contribution in [-0.4, -0.2) is 17.7 Å². The summed E-state index contributed by atoms with van der Waals surface area (Å²) in [5.74, 6) is -1.26. The van der Waals surface area contributed by atoms with Crippen LogP contribution in [0.25, 0.3) is 0 Å². The number of carbonyl (C=O) groups is 3. The number of hydrogen-bond acceptors (Lipinski definition) is 3. The molecule has 0 unspecified atom stereocenters. The van der Waals surface area contributed by atoms with Crippen molar-refractivity contribution >= 4 is 23.4 Å². The van der Waals surface area contributed by atoms with Gasteiger partial charge in [-0.3, -0.25) is 19.7 Å². The van der Waals surface area contributed by atoms with Crippen molar-refractivity contribution in [1.29, 1.82) is 0 Å². The van der Waals surface area contributed by atoms with Crippen molar-refractivity contribution in [3.8, 4) is 0 Å². The second-order valence-corrected chi connectivity index (χ2v) is 6.65. The van der Waals surface area contributed by atoms with Crippen LogP contribution < -0.4 is 10.6 Å². The highest BCUT2D eigenvalue weighted by atomic mass is 16.2. The number of fused-ring (bicyclic) bond motifs is 1. The Kier molecular flexibility index (Phi) is 4.72. The van der Waals surface area contributed by atoms with Crippen LogP contribution in [0.15, 0.2) is 72.8 Å². The standard InChI is InChI=1S/C23H18N2O3/c26-21(24-19-8-4-7-18-20(19)23(28)25-22(18)27)17-13-11-16(12-14-17)10-9-15-5-2-1-3-6-15/h1-8,11-14H,9-10H2,(H,24,26)(H,25,27,28). The lowest BCUT2D eigenvalue weighted by Crippen LogP contribution is -2.20. The lowest BCUT2D eigenvalue weighted by Gasteiger charge is -2.09. The van der Waals surface area contributed by atoms with Gasteiger partial charge in [0.05, 0.1) is 16.8 Å². The molecule has 1 heterocycles. The van der Waals surface area contributed by atoms with Gasteiger partial charge < -0.3 is 5.32 Å². The Balaban J connectivity index is 1.45. The Morgan fingerprint density at radius 3 is 2.14 bits per heavy atom. The Bertz CT molecular complexity index is 1060. The molecule has 5 nitrogen and oxygen atoms in total. The van der Waals surface area contributed by atoms with Crippen molar-refractivity contribution in [2.75, 3.05) is 5.32 Å². The third-order valence-corrected chi connectivity index (χ3v) is 4.77. The molecule has 0 fully saturated rings. The van der Waals surface area contributed by atoms with Crippen molar-refractivity contribution in [2.45, 2.75) is 12.8 Å². The van der Waals surface area contributed by atoms with Gasteiger partial charge >= 0.3 is 0 Å². The number of hydrogen-bond donors (Lipinski definition) is 2. The molecule has 28 heavy (non-hydrogen) atoms. The van der Waals surface area contributed by atoms with E-state index in [4.69, 9.17) is 0 Å². The zero-order valence-corrected chi connectivity index (χ0v) is 15.1. The lowest BCUT2D eigenvalue weighted by molar-refractivity contribution is 0.0879. The topological polar surface area (TPSA) is 75.3 Å². The van der Waals surface area contributed by atoms with E-state index in [1.807, 2.05) is 30.3 Å². The zero-order valence-electron chi connectivity index (χ0n) is 15.1. The van der Waals surface area contributed by atoms with Crippen LogP contribution in [0.5, 0.6) is 0 Å². The van der Waals surface area contributed by atoms with E-state index in [0.29, 0.717) is 11.3 Å². The van der Waals surface area contributed by atoms with Crippen LogP contribution >= 0.6 is 0 Å². The number of nitrogens with one attached hydrogen (secondary N) is 2. The molecule has 0 saturated carbocycles. The number of anilines is 1. The maximum absolute atomic E-state index is 12.6. The highest BCUT2D eigenvalue weighted by Crippen LogP contribution is 2.24. The van der Waals surface area contributed by atoms with Crippen LogP contribution in [0.2, 0.25) is 0 Å². The maximum atomic E-state index is 12.6. The number of imide groups is 1. The van der Waals surface area contributed by atoms with Crippen LogP contribution in [0.4, 0.5) is 5.69 Å². The summed E-state index contributed by atoms with van der Waals surface area (Å²) >= 11 is 0. The average Bonchev–Trinajstić information content (AvgIpc) is 3.02. The van der Waals surface area contributed by atoms with Gasteiger partial charge in [0.25, 0.3) is 17.7 Å². The molecule has 5 heteroatoms. The number of amides is 3. The molecule has 0 aromatic heterocycles. The van der Waals surface area contributed by atoms with Gasteiger partial charge in [-0.2, -0.15) is 0 Å². The molecule has 3 amide bonds. The summed E-state index contributed by atoms with van der Waals surface area (Å²) in [7, 11) is 0. The van der Waals surface area contributed by atoms with Gasteiger partial charge in [-0.1, -0.05) is 48.5 Å². The Morgan fingerprint density at radius 2 is 1.43 bits per heavy atom. The molecular formula is C23H18N2O3. The predicted molar refractivity (Wildman–Crippen MR) is 106 cm³/mol. The molecule has 0 saturated heterocycles. The molecular weight excluding hydrogens is 352 g/mol. The summed E-state index contributed by atoms with van der Waals surface area (Å²) in [4.78, 5) is 36.3. The smallest absolute Gasteiger partial charge is 0.261 e. The summed E-state index contributed by atoms with van der Waals surface area (Å²) in [5.41, 5.74) is 3.73. The van der Waals surface area contributed by atoms with Crippen molar-refractivity contribution in [3.63, 3.8) is 0 Å². The van der Waals surface area contributed by atoms with E-state index in [9.17, 15) is 14.4 Å². The van der Waals surface area contributed by atoms with Gasteiger partial charge in [0.2, 0.25) is 0 Å². The Labute approximate surface area is 162 Å². The van der Waals surface area contributed by atoms with Crippen LogP contribution in [0.3, 0.4) is 0 Å². The SMILES string of the molecule is O=C(Nc1cccc2c1C(=O)NC2=O)c1ccc(CCc2ccccc2)cc1. The quantitative estimate of drug-likeness (QED) is 0.674. The van der Waals surface area contributed by atoms with Gasteiger partial charge in [0, 0.05) is 5.56 Å². The molecule has 1 aliphatic heterocycles. The Hall–Kier alpha value is -3.73. The maximum Gasteiger partial charge on any atom is 0.261 e. The highest BCUT2D eigenvalue weighted by molar-refractivity contribution is 6.25. The summed E-state index contributed by atoms with van der Waals surface area (Å²) in [5, 5.41) is 4.98. The summed E-state index contributed by atoms with van der Waals surface area (Å²) < 4.78 is 0. The summed E-state index contributed by atoms with van der Waals surface area (Å²) in [6, 6.07) is 22.5. The van der Waals surface area contributed by atoms with Gasteiger partial charge in [0.1, 0.15) is 0 Å². The molecule has 3 aromatic carbocycles. The van der Waals surface area contributed by atoms with Gasteiger partial charge in [-0.25, -0.2) is 0 Å². The first-order valence-electron chi connectivity index (χ1n) is 9.05. The highest BCUT2D eigenvalue weighted by Gasteiger charge is 2.29. The van der Waals surface area contributed by atoms with Crippen molar-refractivity contribution in [3.05, 3.63) is 101 Å². The second-order valence-electron chi connectivity index (χ2n) is 6.65. The number of rotatable bonds is 5. The van der Waals surface area contributed by atoms with E-state index in [0.717, 1.165) is 18.4 Å². The summed E-state index contributed by atoms with van der Waals surface area (Å²) in [6.45, 7) is 0. The van der Waals surface area contributed by atoms with Crippen molar-refractivity contribution in [2.24, 2.45) is 0 Å². The van der Waals surface area contributed by atoms with Gasteiger partial charge in [-0.15, -0.1) is 0 Å². The minimum atomic E-state index is -0.493. The Morgan fingerprint density at radius 1 is 0.750 bits per heavy atom. The average molecular weight is 370 g/mol. The van der Waals surface area contributed by atoms with Crippen LogP contribution in [-0.2, 0) is 12.8 Å². The van der Waals surface area contributed by atoms with E-state index in [1.165, 1.54) is 5.56 Å². The molecule has 4 rings (SSSR count). The number of carbonyl (C=O) groups excluding carboxylic acids is 3. The molecule has 0 aliphatic carbocycles. The van der Waals surface area contributed by atoms with E-state index in [2.05, 4.69) is 22.8 Å². The molecule has 0 spiro atoms. The first-order chi connectivity index (χ1) is 13.6. The molecule has 138 valence electrons. The summed E-state index contributed by atoms with van der Waals surface area (Å²) in [6.07, 6.45) is 1.83. The fraction of sp³-hybridized carbons (Fsp3) is 0.0870. The van der Waals surface area contributed by atoms with Crippen LogP contribution in [0, 0.1) is 0 Å². The van der Waals surface area contributed by atoms with Gasteiger partial charge in [-0.05, 0) is 48.2 Å².